The van der Waals surface area contributed by atoms with E-state index >= 15 is 0 Å². The molecule has 1 saturated heterocycles. The summed E-state index contributed by atoms with van der Waals surface area (Å²) in [6, 6.07) is 28.4. The largest absolute Gasteiger partial charge is 0.383 e. The fraction of sp³-hybridized carbons (Fsp3) is 0.308. The summed E-state index contributed by atoms with van der Waals surface area (Å²) in [5.41, 5.74) is -1.02. The Hall–Kier alpha value is -2.54. The number of hydrogen-bond donors (Lipinski definition) is 3. The van der Waals surface area contributed by atoms with Crippen LogP contribution in [0, 0.1) is 0 Å². The zero-order valence-electron chi connectivity index (χ0n) is 17.3. The van der Waals surface area contributed by atoms with Gasteiger partial charge in [-0.05, 0) is 16.7 Å². The zero-order chi connectivity index (χ0) is 21.7. The molecule has 0 radical (unpaired) electrons. The van der Waals surface area contributed by atoms with E-state index in [0.717, 1.165) is 16.7 Å². The van der Waals surface area contributed by atoms with Gasteiger partial charge < -0.3 is 24.8 Å². The van der Waals surface area contributed by atoms with Crippen molar-refractivity contribution in [2.45, 2.75) is 43.0 Å². The predicted octanol–water partition coefficient (Wildman–Crippen LogP) is 2.87. The fourth-order valence-corrected chi connectivity index (χ4v) is 4.23. The van der Waals surface area contributed by atoms with Crippen molar-refractivity contribution < 1.29 is 24.8 Å². The van der Waals surface area contributed by atoms with Crippen LogP contribution >= 0.6 is 0 Å². The third-order valence-electron chi connectivity index (χ3n) is 6.00. The summed E-state index contributed by atoms with van der Waals surface area (Å²) in [7, 11) is 0. The Morgan fingerprint density at radius 1 is 0.677 bits per heavy atom. The van der Waals surface area contributed by atoms with Gasteiger partial charge >= 0.3 is 0 Å². The molecule has 3 aromatic carbocycles. The van der Waals surface area contributed by atoms with Gasteiger partial charge in [-0.15, -0.1) is 0 Å². The van der Waals surface area contributed by atoms with E-state index in [-0.39, 0.29) is 19.4 Å². The summed E-state index contributed by atoms with van der Waals surface area (Å²) >= 11 is 0. The molecule has 162 valence electrons. The molecule has 31 heavy (non-hydrogen) atoms. The Morgan fingerprint density at radius 2 is 1.13 bits per heavy atom. The first-order chi connectivity index (χ1) is 15.0. The van der Waals surface area contributed by atoms with Crippen molar-refractivity contribution >= 4 is 0 Å². The topological polar surface area (TPSA) is 79.2 Å². The van der Waals surface area contributed by atoms with Crippen molar-refractivity contribution in [2.75, 3.05) is 6.61 Å². The van der Waals surface area contributed by atoms with Crippen LogP contribution in [0.15, 0.2) is 91.0 Å². The minimum absolute atomic E-state index is 0.0341. The number of ether oxygens (including phenoxy) is 2. The van der Waals surface area contributed by atoms with Gasteiger partial charge in [0.15, 0.2) is 11.9 Å². The SMILES string of the molecule is OC1O[C@H](COCc2ccccc2)[C@](O)(Cc2ccccc2)[C@@]1(O)Cc1ccccc1. The van der Waals surface area contributed by atoms with Crippen LogP contribution in [0.1, 0.15) is 16.7 Å². The second kappa shape index (κ2) is 9.30. The fourth-order valence-electron chi connectivity index (χ4n) is 4.23. The number of hydrogen-bond acceptors (Lipinski definition) is 5. The van der Waals surface area contributed by atoms with Gasteiger partial charge in [0.25, 0.3) is 0 Å². The van der Waals surface area contributed by atoms with Gasteiger partial charge in [-0.2, -0.15) is 0 Å². The van der Waals surface area contributed by atoms with Gasteiger partial charge in [-0.1, -0.05) is 91.0 Å². The second-order valence-corrected chi connectivity index (χ2v) is 8.15. The van der Waals surface area contributed by atoms with Crippen molar-refractivity contribution in [2.24, 2.45) is 0 Å². The zero-order valence-corrected chi connectivity index (χ0v) is 17.3. The third kappa shape index (κ3) is 4.56. The van der Waals surface area contributed by atoms with E-state index in [9.17, 15) is 15.3 Å². The molecule has 5 nitrogen and oxygen atoms in total. The minimum atomic E-state index is -1.90. The van der Waals surface area contributed by atoms with Crippen LogP contribution in [0.4, 0.5) is 0 Å². The molecule has 1 heterocycles. The van der Waals surface area contributed by atoms with Gasteiger partial charge in [0.1, 0.15) is 11.7 Å². The summed E-state index contributed by atoms with van der Waals surface area (Å²) in [6.07, 6.45) is -2.28. The highest BCUT2D eigenvalue weighted by molar-refractivity contribution is 5.27. The maximum absolute atomic E-state index is 11.8. The monoisotopic (exact) mass is 420 g/mol. The Labute approximate surface area is 182 Å². The van der Waals surface area contributed by atoms with Crippen molar-refractivity contribution in [1.29, 1.82) is 0 Å². The van der Waals surface area contributed by atoms with Crippen molar-refractivity contribution in [1.82, 2.24) is 0 Å². The smallest absolute Gasteiger partial charge is 0.187 e. The Bertz CT molecular complexity index is 949. The van der Waals surface area contributed by atoms with Crippen molar-refractivity contribution in [3.8, 4) is 0 Å². The number of aliphatic hydroxyl groups excluding tert-OH is 1. The summed E-state index contributed by atoms with van der Waals surface area (Å²) in [6.45, 7) is 0.377. The molecular formula is C26H28O5. The molecule has 0 bridgehead atoms. The predicted molar refractivity (Wildman–Crippen MR) is 117 cm³/mol. The average molecular weight is 421 g/mol. The van der Waals surface area contributed by atoms with Crippen LogP contribution in [0.2, 0.25) is 0 Å². The second-order valence-electron chi connectivity index (χ2n) is 8.15. The van der Waals surface area contributed by atoms with E-state index in [4.69, 9.17) is 9.47 Å². The molecule has 4 atom stereocenters. The number of benzene rings is 3. The van der Waals surface area contributed by atoms with E-state index < -0.39 is 23.6 Å². The van der Waals surface area contributed by atoms with Crippen LogP contribution in [0.25, 0.3) is 0 Å². The van der Waals surface area contributed by atoms with Crippen LogP contribution in [-0.2, 0) is 28.9 Å². The van der Waals surface area contributed by atoms with Crippen molar-refractivity contribution in [3.05, 3.63) is 108 Å². The highest BCUT2D eigenvalue weighted by atomic mass is 16.7. The van der Waals surface area contributed by atoms with E-state index in [1.165, 1.54) is 0 Å². The van der Waals surface area contributed by atoms with E-state index in [2.05, 4.69) is 0 Å². The van der Waals surface area contributed by atoms with Crippen LogP contribution in [-0.4, -0.2) is 45.5 Å². The van der Waals surface area contributed by atoms with Crippen LogP contribution in [0.5, 0.6) is 0 Å². The molecular weight excluding hydrogens is 392 g/mol. The molecule has 0 aliphatic carbocycles. The van der Waals surface area contributed by atoms with Gasteiger partial charge in [0, 0.05) is 12.8 Å². The van der Waals surface area contributed by atoms with Gasteiger partial charge in [0.2, 0.25) is 0 Å². The highest BCUT2D eigenvalue weighted by Crippen LogP contribution is 2.43. The lowest BCUT2D eigenvalue weighted by Crippen LogP contribution is -2.62. The van der Waals surface area contributed by atoms with Crippen molar-refractivity contribution in [3.63, 3.8) is 0 Å². The third-order valence-corrected chi connectivity index (χ3v) is 6.00. The lowest BCUT2D eigenvalue weighted by Gasteiger charge is -2.40. The minimum Gasteiger partial charge on any atom is -0.383 e. The summed E-state index contributed by atoms with van der Waals surface area (Å²) in [5.74, 6) is 0. The first kappa shape index (κ1) is 21.7. The normalized spacial score (nSPS) is 28.0. The molecule has 0 aromatic heterocycles. The molecule has 3 aromatic rings. The molecule has 0 saturated carbocycles. The molecule has 1 fully saturated rings. The van der Waals surface area contributed by atoms with E-state index in [1.807, 2.05) is 91.0 Å². The van der Waals surface area contributed by atoms with Crippen LogP contribution in [0.3, 0.4) is 0 Å². The standard InChI is InChI=1S/C26H28O5/c27-24-26(29,17-21-12-6-2-7-13-21)25(28,16-20-10-4-1-5-11-20)23(31-24)19-30-18-22-14-8-3-9-15-22/h1-15,23-24,27-29H,16-19H2/t23-,24?,25-,26-/m1/s1. The van der Waals surface area contributed by atoms with E-state index in [1.54, 1.807) is 0 Å². The first-order valence-corrected chi connectivity index (χ1v) is 10.5. The molecule has 5 heteroatoms. The van der Waals surface area contributed by atoms with Gasteiger partial charge in [-0.25, -0.2) is 0 Å². The molecule has 1 aliphatic heterocycles. The van der Waals surface area contributed by atoms with Gasteiger partial charge in [-0.3, -0.25) is 0 Å². The molecule has 0 spiro atoms. The Balaban J connectivity index is 1.58. The molecule has 1 unspecified atom stereocenters. The Morgan fingerprint density at radius 3 is 1.65 bits per heavy atom. The molecule has 0 amide bonds. The lowest BCUT2D eigenvalue weighted by molar-refractivity contribution is -0.192. The lowest BCUT2D eigenvalue weighted by atomic mass is 9.73. The molecule has 1 aliphatic rings. The summed E-state index contributed by atoms with van der Waals surface area (Å²) in [5, 5.41) is 34.2. The number of aliphatic hydroxyl groups is 3. The summed E-state index contributed by atoms with van der Waals surface area (Å²) < 4.78 is 11.5. The van der Waals surface area contributed by atoms with Crippen LogP contribution < -0.4 is 0 Å². The first-order valence-electron chi connectivity index (χ1n) is 10.5. The average Bonchev–Trinajstić information content (AvgIpc) is 2.96. The van der Waals surface area contributed by atoms with Gasteiger partial charge in [0.05, 0.1) is 13.2 Å². The number of rotatable bonds is 8. The molecule has 3 N–H and O–H groups in total. The molecule has 4 rings (SSSR count). The maximum atomic E-state index is 11.8. The maximum Gasteiger partial charge on any atom is 0.187 e. The highest BCUT2D eigenvalue weighted by Gasteiger charge is 2.65. The summed E-state index contributed by atoms with van der Waals surface area (Å²) in [4.78, 5) is 0. The quantitative estimate of drug-likeness (QED) is 0.522. The van der Waals surface area contributed by atoms with E-state index in [0.29, 0.717) is 6.61 Å². The Kier molecular flexibility index (Phi) is 6.51.